The van der Waals surface area contributed by atoms with Crippen LogP contribution in [-0.4, -0.2) is 19.6 Å². The zero-order valence-electron chi connectivity index (χ0n) is 9.88. The Balaban J connectivity index is 2.31. The van der Waals surface area contributed by atoms with Crippen LogP contribution < -0.4 is 5.73 Å². The number of aromatic nitrogens is 4. The molecule has 0 saturated heterocycles. The molecule has 1 atom stereocenters. The Hall–Kier alpha value is -1.78. The molecular weight excluding hydrogens is 202 g/mol. The molecule has 0 fully saturated rings. The van der Waals surface area contributed by atoms with Crippen LogP contribution in [0.4, 0.5) is 5.82 Å². The lowest BCUT2D eigenvalue weighted by atomic mass is 10.2. The van der Waals surface area contributed by atoms with Gasteiger partial charge in [0.2, 0.25) is 0 Å². The Morgan fingerprint density at radius 3 is 2.75 bits per heavy atom. The van der Waals surface area contributed by atoms with Crippen molar-refractivity contribution >= 4 is 5.82 Å². The average molecular weight is 219 g/mol. The molecule has 2 aromatic heterocycles. The standard InChI is InChI=1S/C11H17N5/c1-4-15-7-10(6-13-15)9(3)16-11(12)5-8(2)14-16/h5-7,9H,4,12H2,1-3H3. The maximum Gasteiger partial charge on any atom is 0.122 e. The molecule has 0 bridgehead atoms. The average Bonchev–Trinajstić information content (AvgIpc) is 2.84. The first-order chi connectivity index (χ1) is 7.61. The van der Waals surface area contributed by atoms with Gasteiger partial charge >= 0.3 is 0 Å². The summed E-state index contributed by atoms with van der Waals surface area (Å²) in [6, 6.07) is 2.00. The molecular formula is C11H17N5. The molecule has 2 N–H and O–H groups in total. The second-order valence-electron chi connectivity index (χ2n) is 3.96. The van der Waals surface area contributed by atoms with Gasteiger partial charge in [-0.3, -0.25) is 4.68 Å². The molecule has 2 rings (SSSR count). The van der Waals surface area contributed by atoms with E-state index in [4.69, 9.17) is 5.73 Å². The van der Waals surface area contributed by atoms with Crippen LogP contribution in [0.2, 0.25) is 0 Å². The highest BCUT2D eigenvalue weighted by Gasteiger charge is 2.13. The minimum atomic E-state index is 0.119. The van der Waals surface area contributed by atoms with Gasteiger partial charge in [0.1, 0.15) is 5.82 Å². The van der Waals surface area contributed by atoms with Gasteiger partial charge in [0.15, 0.2) is 0 Å². The third-order valence-electron chi connectivity index (χ3n) is 2.71. The highest BCUT2D eigenvalue weighted by atomic mass is 15.3. The molecule has 0 amide bonds. The fourth-order valence-electron chi connectivity index (χ4n) is 1.76. The van der Waals surface area contributed by atoms with Crippen LogP contribution >= 0.6 is 0 Å². The quantitative estimate of drug-likeness (QED) is 0.852. The molecule has 2 heterocycles. The first kappa shape index (κ1) is 10.7. The number of anilines is 1. The molecule has 0 spiro atoms. The van der Waals surface area contributed by atoms with Crippen molar-refractivity contribution in [3.8, 4) is 0 Å². The molecule has 86 valence electrons. The largest absolute Gasteiger partial charge is 0.384 e. The Labute approximate surface area is 94.9 Å². The summed E-state index contributed by atoms with van der Waals surface area (Å²) in [6.07, 6.45) is 3.89. The van der Waals surface area contributed by atoms with Gasteiger partial charge in [-0.15, -0.1) is 0 Å². The summed E-state index contributed by atoms with van der Waals surface area (Å²) in [7, 11) is 0. The summed E-state index contributed by atoms with van der Waals surface area (Å²) < 4.78 is 3.73. The minimum absolute atomic E-state index is 0.119. The van der Waals surface area contributed by atoms with Crippen molar-refractivity contribution in [1.29, 1.82) is 0 Å². The second kappa shape index (κ2) is 4.00. The van der Waals surface area contributed by atoms with E-state index in [1.165, 1.54) is 0 Å². The lowest BCUT2D eigenvalue weighted by Crippen LogP contribution is -2.11. The minimum Gasteiger partial charge on any atom is -0.384 e. The highest BCUT2D eigenvalue weighted by Crippen LogP contribution is 2.20. The van der Waals surface area contributed by atoms with Gasteiger partial charge in [-0.1, -0.05) is 0 Å². The lowest BCUT2D eigenvalue weighted by molar-refractivity contribution is 0.567. The maximum absolute atomic E-state index is 5.89. The first-order valence-electron chi connectivity index (χ1n) is 5.45. The summed E-state index contributed by atoms with van der Waals surface area (Å²) in [5.41, 5.74) is 7.95. The fourth-order valence-corrected chi connectivity index (χ4v) is 1.76. The van der Waals surface area contributed by atoms with E-state index in [1.807, 2.05) is 34.7 Å². The maximum atomic E-state index is 5.89. The van der Waals surface area contributed by atoms with E-state index in [0.29, 0.717) is 5.82 Å². The predicted molar refractivity (Wildman–Crippen MR) is 63.1 cm³/mol. The van der Waals surface area contributed by atoms with E-state index < -0.39 is 0 Å². The summed E-state index contributed by atoms with van der Waals surface area (Å²) in [5.74, 6) is 0.689. The van der Waals surface area contributed by atoms with Gasteiger partial charge in [-0.2, -0.15) is 10.2 Å². The van der Waals surface area contributed by atoms with Crippen molar-refractivity contribution in [2.45, 2.75) is 33.4 Å². The van der Waals surface area contributed by atoms with Gasteiger partial charge in [0.05, 0.1) is 17.9 Å². The summed E-state index contributed by atoms with van der Waals surface area (Å²) in [6.45, 7) is 6.95. The summed E-state index contributed by atoms with van der Waals surface area (Å²) in [4.78, 5) is 0. The van der Waals surface area contributed by atoms with Crippen LogP contribution in [0.3, 0.4) is 0 Å². The molecule has 0 aliphatic heterocycles. The zero-order chi connectivity index (χ0) is 11.7. The number of nitrogens with zero attached hydrogens (tertiary/aromatic N) is 4. The van der Waals surface area contributed by atoms with Crippen molar-refractivity contribution in [3.63, 3.8) is 0 Å². The van der Waals surface area contributed by atoms with Crippen LogP contribution in [0.1, 0.15) is 31.1 Å². The topological polar surface area (TPSA) is 61.7 Å². The zero-order valence-corrected chi connectivity index (χ0v) is 9.88. The van der Waals surface area contributed by atoms with E-state index in [2.05, 4.69) is 24.0 Å². The third-order valence-corrected chi connectivity index (χ3v) is 2.71. The monoisotopic (exact) mass is 219 g/mol. The van der Waals surface area contributed by atoms with E-state index >= 15 is 0 Å². The second-order valence-corrected chi connectivity index (χ2v) is 3.96. The van der Waals surface area contributed by atoms with Crippen LogP contribution in [0.15, 0.2) is 18.5 Å². The van der Waals surface area contributed by atoms with Crippen molar-refractivity contribution < 1.29 is 0 Å². The Kier molecular flexibility index (Phi) is 2.68. The molecule has 5 nitrogen and oxygen atoms in total. The summed E-state index contributed by atoms with van der Waals surface area (Å²) in [5, 5.41) is 8.63. The van der Waals surface area contributed by atoms with Gasteiger partial charge in [0, 0.05) is 24.4 Å². The smallest absolute Gasteiger partial charge is 0.122 e. The normalized spacial score (nSPS) is 12.9. The lowest BCUT2D eigenvalue weighted by Gasteiger charge is -2.11. The van der Waals surface area contributed by atoms with Crippen LogP contribution in [-0.2, 0) is 6.54 Å². The Morgan fingerprint density at radius 2 is 2.25 bits per heavy atom. The Morgan fingerprint density at radius 1 is 1.50 bits per heavy atom. The van der Waals surface area contributed by atoms with Crippen LogP contribution in [0.5, 0.6) is 0 Å². The molecule has 5 heteroatoms. The van der Waals surface area contributed by atoms with E-state index in [0.717, 1.165) is 17.8 Å². The van der Waals surface area contributed by atoms with Crippen LogP contribution in [0.25, 0.3) is 0 Å². The van der Waals surface area contributed by atoms with Gasteiger partial charge in [-0.05, 0) is 20.8 Å². The van der Waals surface area contributed by atoms with Gasteiger partial charge < -0.3 is 5.73 Å². The van der Waals surface area contributed by atoms with Gasteiger partial charge in [0.25, 0.3) is 0 Å². The van der Waals surface area contributed by atoms with Crippen molar-refractivity contribution in [3.05, 3.63) is 29.7 Å². The first-order valence-corrected chi connectivity index (χ1v) is 5.45. The molecule has 1 unspecified atom stereocenters. The van der Waals surface area contributed by atoms with E-state index in [1.54, 1.807) is 0 Å². The number of aryl methyl sites for hydroxylation is 2. The number of rotatable bonds is 3. The number of nitrogens with two attached hydrogens (primary N) is 1. The molecule has 2 aromatic rings. The van der Waals surface area contributed by atoms with Crippen LogP contribution in [0, 0.1) is 6.92 Å². The molecule has 0 aromatic carbocycles. The molecule has 0 radical (unpaired) electrons. The third kappa shape index (κ3) is 1.80. The molecule has 0 aliphatic rings. The molecule has 16 heavy (non-hydrogen) atoms. The highest BCUT2D eigenvalue weighted by molar-refractivity contribution is 5.32. The van der Waals surface area contributed by atoms with E-state index in [-0.39, 0.29) is 6.04 Å². The fraction of sp³-hybridized carbons (Fsp3) is 0.455. The SMILES string of the molecule is CCn1cc(C(C)n2nc(C)cc2N)cn1. The molecule has 0 aliphatic carbocycles. The predicted octanol–water partition coefficient (Wildman–Crippen LogP) is 1.60. The van der Waals surface area contributed by atoms with Gasteiger partial charge in [-0.25, -0.2) is 4.68 Å². The van der Waals surface area contributed by atoms with E-state index in [9.17, 15) is 0 Å². The van der Waals surface area contributed by atoms with Crippen molar-refractivity contribution in [2.75, 3.05) is 5.73 Å². The molecule has 0 saturated carbocycles. The number of hydrogen-bond donors (Lipinski definition) is 1. The van der Waals surface area contributed by atoms with Crippen molar-refractivity contribution in [1.82, 2.24) is 19.6 Å². The Bertz CT molecular complexity index is 482. The summed E-state index contributed by atoms with van der Waals surface area (Å²) >= 11 is 0. The number of nitrogen functional groups attached to an aromatic ring is 1. The van der Waals surface area contributed by atoms with Crippen molar-refractivity contribution in [2.24, 2.45) is 0 Å². The number of hydrogen-bond acceptors (Lipinski definition) is 3.